The van der Waals surface area contributed by atoms with Gasteiger partial charge in [0.2, 0.25) is 17.4 Å². The Morgan fingerprint density at radius 1 is 1.08 bits per heavy atom. The van der Waals surface area contributed by atoms with E-state index in [-0.39, 0.29) is 10.6 Å². The Labute approximate surface area is 156 Å². The molecule has 0 saturated heterocycles. The van der Waals surface area contributed by atoms with E-state index in [1.807, 2.05) is 22.6 Å². The van der Waals surface area contributed by atoms with Gasteiger partial charge in [-0.3, -0.25) is 4.55 Å². The molecular formula is C13H4ClF4IO5S. The minimum atomic E-state index is -5.61. The molecule has 0 atom stereocenters. The number of esters is 1. The van der Waals surface area contributed by atoms with Crippen LogP contribution in [0.2, 0.25) is 5.02 Å². The van der Waals surface area contributed by atoms with Crippen LogP contribution >= 0.6 is 34.2 Å². The average Bonchev–Trinajstić information content (AvgIpc) is 2.48. The fourth-order valence-electron chi connectivity index (χ4n) is 1.71. The minimum absolute atomic E-state index is 0.159. The molecule has 0 saturated carbocycles. The normalized spacial score (nSPS) is 11.5. The van der Waals surface area contributed by atoms with Crippen LogP contribution in [0.3, 0.4) is 0 Å². The summed E-state index contributed by atoms with van der Waals surface area (Å²) >= 11 is 7.63. The summed E-state index contributed by atoms with van der Waals surface area (Å²) in [4.78, 5) is 9.66. The number of benzene rings is 2. The SMILES string of the molecule is O=C(Oc1c(F)c(F)c(S(=O)(=O)O)c(F)c1F)c1ccc(I)cc1Cl. The third kappa shape index (κ3) is 3.88. The van der Waals surface area contributed by atoms with Gasteiger partial charge in [0, 0.05) is 3.57 Å². The zero-order valence-corrected chi connectivity index (χ0v) is 15.2. The maximum atomic E-state index is 13.8. The monoisotopic (exact) mass is 510 g/mol. The molecule has 2 rings (SSSR count). The van der Waals surface area contributed by atoms with E-state index in [1.165, 1.54) is 12.1 Å². The maximum absolute atomic E-state index is 13.8. The van der Waals surface area contributed by atoms with Crippen LogP contribution in [0, 0.1) is 26.8 Å². The Balaban J connectivity index is 2.56. The van der Waals surface area contributed by atoms with Gasteiger partial charge >= 0.3 is 16.1 Å². The van der Waals surface area contributed by atoms with Crippen molar-refractivity contribution in [3.8, 4) is 5.75 Å². The van der Waals surface area contributed by atoms with Crippen LogP contribution in [0.1, 0.15) is 10.4 Å². The zero-order chi connectivity index (χ0) is 19.1. The van der Waals surface area contributed by atoms with Crippen LogP contribution in [0.15, 0.2) is 23.1 Å². The van der Waals surface area contributed by atoms with E-state index in [1.54, 1.807) is 0 Å². The van der Waals surface area contributed by atoms with Gasteiger partial charge < -0.3 is 4.74 Å². The first-order chi connectivity index (χ1) is 11.4. The fraction of sp³-hybridized carbons (Fsp3) is 0. The van der Waals surface area contributed by atoms with Gasteiger partial charge in [0.25, 0.3) is 0 Å². The standard InChI is InChI=1S/C13H4ClF4IO5S/c14-6-3-4(19)1-2-5(6)13(20)24-11-7(15)9(17)12(25(21,22)23)10(18)8(11)16/h1-3H,(H,21,22,23). The third-order valence-electron chi connectivity index (χ3n) is 2.79. The van der Waals surface area contributed by atoms with Crippen molar-refractivity contribution in [1.82, 2.24) is 0 Å². The summed E-state index contributed by atoms with van der Waals surface area (Å²) in [5.41, 5.74) is -0.361. The summed E-state index contributed by atoms with van der Waals surface area (Å²) in [7, 11) is -5.61. The van der Waals surface area contributed by atoms with E-state index in [4.69, 9.17) is 16.2 Å². The van der Waals surface area contributed by atoms with E-state index in [0.717, 1.165) is 6.07 Å². The lowest BCUT2D eigenvalue weighted by molar-refractivity contribution is 0.0716. The van der Waals surface area contributed by atoms with Crippen molar-refractivity contribution in [2.45, 2.75) is 4.90 Å². The Morgan fingerprint density at radius 2 is 1.60 bits per heavy atom. The molecule has 0 amide bonds. The molecule has 0 bridgehead atoms. The van der Waals surface area contributed by atoms with Crippen molar-refractivity contribution in [2.75, 3.05) is 0 Å². The summed E-state index contributed by atoms with van der Waals surface area (Å²) < 4.78 is 90.1. The number of rotatable bonds is 3. The first-order valence-electron chi connectivity index (χ1n) is 5.95. The van der Waals surface area contributed by atoms with Crippen LogP contribution in [-0.4, -0.2) is 18.9 Å². The molecular weight excluding hydrogens is 507 g/mol. The molecule has 0 fully saturated rings. The highest BCUT2D eigenvalue weighted by molar-refractivity contribution is 14.1. The molecule has 0 aliphatic heterocycles. The van der Waals surface area contributed by atoms with E-state index in [9.17, 15) is 30.8 Å². The first-order valence-corrected chi connectivity index (χ1v) is 8.85. The van der Waals surface area contributed by atoms with Gasteiger partial charge in [0.15, 0.2) is 16.5 Å². The zero-order valence-electron chi connectivity index (χ0n) is 11.5. The van der Waals surface area contributed by atoms with Crippen LogP contribution in [-0.2, 0) is 10.1 Å². The number of hydrogen-bond donors (Lipinski definition) is 1. The second kappa shape index (κ2) is 7.05. The molecule has 12 heteroatoms. The van der Waals surface area contributed by atoms with E-state index >= 15 is 0 Å². The van der Waals surface area contributed by atoms with Gasteiger partial charge in [-0.05, 0) is 40.8 Å². The van der Waals surface area contributed by atoms with Gasteiger partial charge in [-0.15, -0.1) is 0 Å². The molecule has 5 nitrogen and oxygen atoms in total. The Bertz CT molecular complexity index is 967. The highest BCUT2D eigenvalue weighted by Gasteiger charge is 2.34. The second-order valence-electron chi connectivity index (χ2n) is 4.40. The molecule has 0 aliphatic rings. The quantitative estimate of drug-likeness (QED) is 0.169. The number of ether oxygens (including phenoxy) is 1. The molecule has 0 aliphatic carbocycles. The van der Waals surface area contributed by atoms with E-state index < -0.39 is 50.0 Å². The lowest BCUT2D eigenvalue weighted by Gasteiger charge is -2.11. The molecule has 25 heavy (non-hydrogen) atoms. The topological polar surface area (TPSA) is 80.7 Å². The van der Waals surface area contributed by atoms with Gasteiger partial charge in [0.05, 0.1) is 10.6 Å². The van der Waals surface area contributed by atoms with Crippen LogP contribution < -0.4 is 4.74 Å². The van der Waals surface area contributed by atoms with Crippen molar-refractivity contribution in [3.05, 3.63) is 55.6 Å². The predicted octanol–water partition coefficient (Wildman–Crippen LogP) is 3.97. The number of halogens is 6. The van der Waals surface area contributed by atoms with Crippen LogP contribution in [0.5, 0.6) is 5.75 Å². The lowest BCUT2D eigenvalue weighted by Crippen LogP contribution is -2.16. The number of hydrogen-bond acceptors (Lipinski definition) is 4. The van der Waals surface area contributed by atoms with Gasteiger partial charge in [0.1, 0.15) is 0 Å². The predicted molar refractivity (Wildman–Crippen MR) is 85.2 cm³/mol. The maximum Gasteiger partial charge on any atom is 0.345 e. The van der Waals surface area contributed by atoms with Crippen molar-refractivity contribution < 1.29 is 40.1 Å². The van der Waals surface area contributed by atoms with Crippen LogP contribution in [0.25, 0.3) is 0 Å². The molecule has 0 spiro atoms. The number of carbonyl (C=O) groups excluding carboxylic acids is 1. The molecule has 1 N–H and O–H groups in total. The van der Waals surface area contributed by atoms with Crippen LogP contribution in [0.4, 0.5) is 17.6 Å². The van der Waals surface area contributed by atoms with E-state index in [0.29, 0.717) is 3.57 Å². The molecule has 2 aromatic carbocycles. The molecule has 0 unspecified atom stereocenters. The average molecular weight is 511 g/mol. The molecule has 0 aromatic heterocycles. The highest BCUT2D eigenvalue weighted by Crippen LogP contribution is 2.33. The van der Waals surface area contributed by atoms with Crippen molar-refractivity contribution in [3.63, 3.8) is 0 Å². The molecule has 2 aromatic rings. The van der Waals surface area contributed by atoms with Crippen molar-refractivity contribution in [1.29, 1.82) is 0 Å². The highest BCUT2D eigenvalue weighted by atomic mass is 127. The van der Waals surface area contributed by atoms with E-state index in [2.05, 4.69) is 4.74 Å². The summed E-state index contributed by atoms with van der Waals surface area (Å²) in [6, 6.07) is 3.86. The van der Waals surface area contributed by atoms with Gasteiger partial charge in [-0.25, -0.2) is 13.6 Å². The first kappa shape index (κ1) is 19.9. The Kier molecular flexibility index (Phi) is 5.61. The summed E-state index contributed by atoms with van der Waals surface area (Å²) in [5, 5.41) is -0.159. The summed E-state index contributed by atoms with van der Waals surface area (Å²) in [6.45, 7) is 0. The number of carbonyl (C=O) groups is 1. The minimum Gasteiger partial charge on any atom is -0.416 e. The Morgan fingerprint density at radius 3 is 2.04 bits per heavy atom. The molecule has 0 heterocycles. The van der Waals surface area contributed by atoms with Gasteiger partial charge in [-0.2, -0.15) is 17.2 Å². The molecule has 134 valence electrons. The van der Waals surface area contributed by atoms with Crippen molar-refractivity contribution in [2.24, 2.45) is 0 Å². The lowest BCUT2D eigenvalue weighted by atomic mass is 10.2. The smallest absolute Gasteiger partial charge is 0.345 e. The van der Waals surface area contributed by atoms with Crippen molar-refractivity contribution >= 4 is 50.3 Å². The fourth-order valence-corrected chi connectivity index (χ4v) is 3.28. The third-order valence-corrected chi connectivity index (χ3v) is 4.64. The Hall–Kier alpha value is -1.44. The molecule has 0 radical (unpaired) electrons. The largest absolute Gasteiger partial charge is 0.416 e. The summed E-state index contributed by atoms with van der Waals surface area (Å²) in [6.07, 6.45) is 0. The van der Waals surface area contributed by atoms with Gasteiger partial charge in [-0.1, -0.05) is 11.6 Å². The second-order valence-corrected chi connectivity index (χ2v) is 7.41. The summed E-state index contributed by atoms with van der Waals surface area (Å²) in [5.74, 6) is -12.8.